The summed E-state index contributed by atoms with van der Waals surface area (Å²) in [5.41, 5.74) is 0. The van der Waals surface area contributed by atoms with Crippen molar-refractivity contribution in [3.05, 3.63) is 0 Å². The highest BCUT2D eigenvalue weighted by Crippen LogP contribution is 2.11. The normalized spacial score (nSPS) is 17.4. The maximum absolute atomic E-state index is 9.79. The Morgan fingerprint density at radius 2 is 2.12 bits per heavy atom. The minimum absolute atomic E-state index is 0.524. The number of carboxylic acid groups (broad SMARTS) is 1. The van der Waals surface area contributed by atoms with Crippen LogP contribution >= 0.6 is 23.2 Å². The molecule has 0 aliphatic rings. The molecule has 5 heteroatoms. The van der Waals surface area contributed by atoms with Gasteiger partial charge in [0, 0.05) is 0 Å². The van der Waals surface area contributed by atoms with Gasteiger partial charge in [0.1, 0.15) is 0 Å². The number of halogens is 2. The van der Waals surface area contributed by atoms with E-state index in [1.807, 2.05) is 0 Å². The standard InChI is InChI=1S/C3H4Cl2O3/c4-1-3(5,8)2(6)7/h8H,1H2,(H,6,7). The van der Waals surface area contributed by atoms with E-state index in [1.165, 1.54) is 0 Å². The summed E-state index contributed by atoms with van der Waals surface area (Å²) in [4.78, 5) is 9.79. The summed E-state index contributed by atoms with van der Waals surface area (Å²) in [6.07, 6.45) is 0. The molecule has 1 atom stereocenters. The molecule has 0 aromatic carbocycles. The maximum Gasteiger partial charge on any atom is 0.352 e. The first kappa shape index (κ1) is 8.01. The summed E-state index contributed by atoms with van der Waals surface area (Å²) in [5, 5.41) is 14.1. The lowest BCUT2D eigenvalue weighted by Crippen LogP contribution is -2.33. The Kier molecular flexibility index (Phi) is 2.53. The maximum atomic E-state index is 9.79. The Bertz CT molecular complexity index is 101. The van der Waals surface area contributed by atoms with E-state index in [-0.39, 0.29) is 0 Å². The van der Waals surface area contributed by atoms with Crippen LogP contribution in [-0.2, 0) is 4.79 Å². The quantitative estimate of drug-likeness (QED) is 0.567. The summed E-state index contributed by atoms with van der Waals surface area (Å²) in [6, 6.07) is 0. The molecule has 8 heavy (non-hydrogen) atoms. The van der Waals surface area contributed by atoms with E-state index in [9.17, 15) is 4.79 Å². The molecule has 0 saturated heterocycles. The second kappa shape index (κ2) is 2.53. The van der Waals surface area contributed by atoms with E-state index in [0.29, 0.717) is 0 Å². The van der Waals surface area contributed by atoms with Crippen LogP contribution in [0.1, 0.15) is 0 Å². The van der Waals surface area contributed by atoms with Gasteiger partial charge < -0.3 is 10.2 Å². The number of rotatable bonds is 2. The third-order valence-electron chi connectivity index (χ3n) is 0.505. The van der Waals surface area contributed by atoms with Gasteiger partial charge in [-0.3, -0.25) is 0 Å². The number of alkyl halides is 2. The van der Waals surface area contributed by atoms with Gasteiger partial charge in [-0.05, 0) is 0 Å². The first-order valence-corrected chi connectivity index (χ1v) is 2.62. The lowest BCUT2D eigenvalue weighted by Gasteiger charge is -2.08. The molecule has 0 rings (SSSR count). The summed E-state index contributed by atoms with van der Waals surface area (Å²) >= 11 is 9.81. The summed E-state index contributed by atoms with van der Waals surface area (Å²) in [6.45, 7) is 0. The SMILES string of the molecule is O=C(O)C(O)(Cl)CCl. The highest BCUT2D eigenvalue weighted by atomic mass is 35.5. The van der Waals surface area contributed by atoms with Crippen molar-refractivity contribution >= 4 is 29.2 Å². The molecule has 0 aromatic rings. The molecule has 0 radical (unpaired) electrons. The van der Waals surface area contributed by atoms with Crippen LogP contribution in [-0.4, -0.2) is 27.1 Å². The molecule has 0 aromatic heterocycles. The van der Waals surface area contributed by atoms with Crippen molar-refractivity contribution in [2.24, 2.45) is 0 Å². The highest BCUT2D eigenvalue weighted by molar-refractivity contribution is 6.37. The summed E-state index contributed by atoms with van der Waals surface area (Å²) < 4.78 is 0. The number of hydrogen-bond donors (Lipinski definition) is 2. The molecule has 0 bridgehead atoms. The van der Waals surface area contributed by atoms with Crippen molar-refractivity contribution in [1.29, 1.82) is 0 Å². The van der Waals surface area contributed by atoms with Crippen molar-refractivity contribution in [3.63, 3.8) is 0 Å². The van der Waals surface area contributed by atoms with Crippen LogP contribution in [0.3, 0.4) is 0 Å². The van der Waals surface area contributed by atoms with Gasteiger partial charge in [0.25, 0.3) is 5.06 Å². The molecule has 1 unspecified atom stereocenters. The molecule has 0 spiro atoms. The van der Waals surface area contributed by atoms with Crippen molar-refractivity contribution in [2.75, 3.05) is 5.88 Å². The van der Waals surface area contributed by atoms with Crippen LogP contribution in [0.4, 0.5) is 0 Å². The molecule has 0 fully saturated rings. The van der Waals surface area contributed by atoms with E-state index in [1.54, 1.807) is 0 Å². The van der Waals surface area contributed by atoms with Crippen LogP contribution in [0, 0.1) is 0 Å². The minimum atomic E-state index is -2.30. The van der Waals surface area contributed by atoms with Gasteiger partial charge in [-0.15, -0.1) is 11.6 Å². The van der Waals surface area contributed by atoms with Gasteiger partial charge >= 0.3 is 5.97 Å². The highest BCUT2D eigenvalue weighted by Gasteiger charge is 2.31. The zero-order valence-electron chi connectivity index (χ0n) is 3.77. The predicted molar refractivity (Wildman–Crippen MR) is 29.2 cm³/mol. The summed E-state index contributed by atoms with van der Waals surface area (Å²) in [5.74, 6) is -2.06. The van der Waals surface area contributed by atoms with Crippen LogP contribution in [0.5, 0.6) is 0 Å². The van der Waals surface area contributed by atoms with Crippen molar-refractivity contribution < 1.29 is 15.0 Å². The molecule has 3 nitrogen and oxygen atoms in total. The Balaban J connectivity index is 3.91. The molecule has 2 N–H and O–H groups in total. The Morgan fingerprint density at radius 1 is 1.75 bits per heavy atom. The number of aliphatic hydroxyl groups is 1. The second-order valence-electron chi connectivity index (χ2n) is 1.20. The molecule has 0 aliphatic carbocycles. The van der Waals surface area contributed by atoms with Gasteiger partial charge in [0.15, 0.2) is 0 Å². The smallest absolute Gasteiger partial charge is 0.352 e. The first-order valence-electron chi connectivity index (χ1n) is 1.71. The minimum Gasteiger partial charge on any atom is -0.478 e. The average molecular weight is 159 g/mol. The molecular weight excluding hydrogens is 155 g/mol. The third kappa shape index (κ3) is 1.86. The Morgan fingerprint density at radius 3 is 2.12 bits per heavy atom. The lowest BCUT2D eigenvalue weighted by atomic mass is 10.4. The third-order valence-corrected chi connectivity index (χ3v) is 1.32. The summed E-state index contributed by atoms with van der Waals surface area (Å²) in [7, 11) is 0. The average Bonchev–Trinajstić information content (AvgIpc) is 1.67. The Labute approximate surface area is 55.8 Å². The van der Waals surface area contributed by atoms with E-state index in [4.69, 9.17) is 33.4 Å². The van der Waals surface area contributed by atoms with Crippen molar-refractivity contribution in [2.45, 2.75) is 5.06 Å². The molecular formula is C3H4Cl2O3. The molecule has 48 valence electrons. The monoisotopic (exact) mass is 158 g/mol. The van der Waals surface area contributed by atoms with Crippen LogP contribution in [0.25, 0.3) is 0 Å². The van der Waals surface area contributed by atoms with E-state index >= 15 is 0 Å². The molecule has 0 amide bonds. The van der Waals surface area contributed by atoms with Gasteiger partial charge in [0.05, 0.1) is 5.88 Å². The topological polar surface area (TPSA) is 57.5 Å². The zero-order chi connectivity index (χ0) is 6.78. The van der Waals surface area contributed by atoms with E-state index in [2.05, 4.69) is 0 Å². The second-order valence-corrected chi connectivity index (χ2v) is 2.09. The van der Waals surface area contributed by atoms with Crippen LogP contribution in [0.15, 0.2) is 0 Å². The van der Waals surface area contributed by atoms with Crippen LogP contribution in [0.2, 0.25) is 0 Å². The van der Waals surface area contributed by atoms with E-state index in [0.717, 1.165) is 0 Å². The number of aliphatic carboxylic acids is 1. The lowest BCUT2D eigenvalue weighted by molar-refractivity contribution is -0.148. The van der Waals surface area contributed by atoms with Crippen molar-refractivity contribution in [1.82, 2.24) is 0 Å². The number of hydrogen-bond acceptors (Lipinski definition) is 2. The van der Waals surface area contributed by atoms with E-state index < -0.39 is 16.9 Å². The van der Waals surface area contributed by atoms with Gasteiger partial charge in [-0.25, -0.2) is 4.79 Å². The van der Waals surface area contributed by atoms with Crippen LogP contribution < -0.4 is 0 Å². The van der Waals surface area contributed by atoms with Gasteiger partial charge in [-0.1, -0.05) is 11.6 Å². The number of carboxylic acids is 1. The molecule has 0 heterocycles. The van der Waals surface area contributed by atoms with Gasteiger partial charge in [-0.2, -0.15) is 0 Å². The largest absolute Gasteiger partial charge is 0.478 e. The fourth-order valence-corrected chi connectivity index (χ4v) is 0.171. The fourth-order valence-electron chi connectivity index (χ4n) is 0.0572. The molecule has 0 aliphatic heterocycles. The predicted octanol–water partition coefficient (Wildman–Crippen LogP) is 0.237. The fraction of sp³-hybridized carbons (Fsp3) is 0.667. The first-order chi connectivity index (χ1) is 3.50. The van der Waals surface area contributed by atoms with Crippen molar-refractivity contribution in [3.8, 4) is 0 Å². The molecule has 0 saturated carbocycles. The number of carbonyl (C=O) groups is 1. The Hall–Kier alpha value is 0.01000. The zero-order valence-corrected chi connectivity index (χ0v) is 5.28. The van der Waals surface area contributed by atoms with Gasteiger partial charge in [0.2, 0.25) is 0 Å².